The van der Waals surface area contributed by atoms with Crippen molar-refractivity contribution in [2.24, 2.45) is 0 Å². The van der Waals surface area contributed by atoms with Crippen LogP contribution in [-0.2, 0) is 6.54 Å². The molecule has 0 N–H and O–H groups in total. The summed E-state index contributed by atoms with van der Waals surface area (Å²) in [5.74, 6) is 0. The molecule has 1 heterocycles. The minimum atomic E-state index is -0.405. The van der Waals surface area contributed by atoms with Crippen LogP contribution in [0.2, 0.25) is 0 Å². The molecule has 0 unspecified atom stereocenters. The van der Waals surface area contributed by atoms with Gasteiger partial charge in [-0.15, -0.1) is 0 Å². The number of benzene rings is 2. The highest BCUT2D eigenvalue weighted by molar-refractivity contribution is 6.00. The Labute approximate surface area is 133 Å². The zero-order valence-electron chi connectivity index (χ0n) is 12.7. The van der Waals surface area contributed by atoms with Gasteiger partial charge in [-0.25, -0.2) is 0 Å². The van der Waals surface area contributed by atoms with Gasteiger partial charge in [0.05, 0.1) is 10.4 Å². The monoisotopic (exact) mass is 305 g/mol. The fourth-order valence-electron chi connectivity index (χ4n) is 2.93. The van der Waals surface area contributed by atoms with Gasteiger partial charge in [0, 0.05) is 29.6 Å². The molecule has 0 spiro atoms. The van der Waals surface area contributed by atoms with Gasteiger partial charge in [-0.05, 0) is 18.1 Å². The molecule has 0 bridgehead atoms. The number of aromatic nitrogens is 1. The maximum Gasteiger partial charge on any atom is 0.270 e. The van der Waals surface area contributed by atoms with E-state index in [2.05, 4.69) is 6.07 Å². The Morgan fingerprint density at radius 3 is 2.57 bits per heavy atom. The second-order valence-electron chi connectivity index (χ2n) is 5.31. The van der Waals surface area contributed by atoms with Crippen LogP contribution in [-0.4, -0.2) is 9.49 Å². The van der Waals surface area contributed by atoms with Gasteiger partial charge in [0.15, 0.2) is 0 Å². The van der Waals surface area contributed by atoms with Crippen LogP contribution >= 0.6 is 0 Å². The number of hydrogen-bond acceptors (Lipinski definition) is 3. The molecule has 0 aliphatic carbocycles. The molecule has 5 heteroatoms. The van der Waals surface area contributed by atoms with E-state index in [1.54, 1.807) is 12.1 Å². The summed E-state index contributed by atoms with van der Waals surface area (Å²) in [5, 5.41) is 21.5. The summed E-state index contributed by atoms with van der Waals surface area (Å²) < 4.78 is 1.95. The third-order valence-corrected chi connectivity index (χ3v) is 3.87. The van der Waals surface area contributed by atoms with E-state index in [1.165, 1.54) is 6.07 Å². The largest absolute Gasteiger partial charge is 0.332 e. The summed E-state index contributed by atoms with van der Waals surface area (Å²) in [7, 11) is 0. The zero-order chi connectivity index (χ0) is 16.4. The van der Waals surface area contributed by atoms with Gasteiger partial charge < -0.3 is 4.57 Å². The number of rotatable bonds is 4. The minimum Gasteiger partial charge on any atom is -0.332 e. The summed E-state index contributed by atoms with van der Waals surface area (Å²) >= 11 is 0. The van der Waals surface area contributed by atoms with Gasteiger partial charge in [-0.1, -0.05) is 37.3 Å². The van der Waals surface area contributed by atoms with Crippen LogP contribution < -0.4 is 0 Å². The first-order valence-electron chi connectivity index (χ1n) is 7.43. The second-order valence-corrected chi connectivity index (χ2v) is 5.31. The number of hydrogen-bond donors (Lipinski definition) is 0. The first-order valence-corrected chi connectivity index (χ1v) is 7.43. The third kappa shape index (κ3) is 2.44. The van der Waals surface area contributed by atoms with Gasteiger partial charge in [0.25, 0.3) is 5.69 Å². The Morgan fingerprint density at radius 1 is 1.22 bits per heavy atom. The molecule has 0 saturated carbocycles. The van der Waals surface area contributed by atoms with Gasteiger partial charge in [-0.2, -0.15) is 5.26 Å². The number of nitro benzene ring substituents is 1. The lowest BCUT2D eigenvalue weighted by Crippen LogP contribution is -1.99. The number of aryl methyl sites for hydroxylation is 1. The highest BCUT2D eigenvalue weighted by Crippen LogP contribution is 2.36. The van der Waals surface area contributed by atoms with Crippen molar-refractivity contribution in [2.45, 2.75) is 19.9 Å². The van der Waals surface area contributed by atoms with Crippen LogP contribution in [0.4, 0.5) is 5.69 Å². The first kappa shape index (κ1) is 14.8. The summed E-state index contributed by atoms with van der Waals surface area (Å²) in [5.41, 5.74) is 3.10. The van der Waals surface area contributed by atoms with E-state index in [-0.39, 0.29) is 5.69 Å². The number of nitriles is 1. The minimum absolute atomic E-state index is 0.0350. The molecular formula is C18H15N3O2. The molecule has 5 nitrogen and oxygen atoms in total. The predicted molar refractivity (Wildman–Crippen MR) is 89.0 cm³/mol. The molecule has 0 radical (unpaired) electrons. The lowest BCUT2D eigenvalue weighted by atomic mass is 10.0. The Kier molecular flexibility index (Phi) is 3.82. The molecule has 23 heavy (non-hydrogen) atoms. The zero-order valence-corrected chi connectivity index (χ0v) is 12.7. The summed E-state index contributed by atoms with van der Waals surface area (Å²) in [6.07, 6.45) is 0.879. The molecule has 114 valence electrons. The number of non-ortho nitro benzene ring substituents is 1. The average molecular weight is 305 g/mol. The predicted octanol–water partition coefficient (Wildman–Crippen LogP) is 4.50. The van der Waals surface area contributed by atoms with Crippen LogP contribution in [0.3, 0.4) is 0 Å². The molecule has 0 amide bonds. The summed E-state index contributed by atoms with van der Waals surface area (Å²) in [6.45, 7) is 2.74. The van der Waals surface area contributed by atoms with E-state index in [4.69, 9.17) is 0 Å². The number of nitro groups is 1. The summed E-state index contributed by atoms with van der Waals surface area (Å²) in [4.78, 5) is 10.7. The molecule has 3 rings (SSSR count). The van der Waals surface area contributed by atoms with Crippen molar-refractivity contribution in [1.82, 2.24) is 4.57 Å². The van der Waals surface area contributed by atoms with Crippen molar-refractivity contribution in [3.8, 4) is 17.2 Å². The van der Waals surface area contributed by atoms with Gasteiger partial charge in [-0.3, -0.25) is 10.1 Å². The fraction of sp³-hybridized carbons (Fsp3) is 0.167. The molecule has 0 aliphatic heterocycles. The Bertz CT molecular complexity index is 921. The SMILES string of the molecule is CCCn1c(C#N)c(-c2ccccc2)c2cc([N+](=O)[O-])ccc21. The molecule has 0 aliphatic rings. The normalized spacial score (nSPS) is 10.6. The first-order chi connectivity index (χ1) is 11.2. The summed E-state index contributed by atoms with van der Waals surface area (Å²) in [6, 6.07) is 16.6. The third-order valence-electron chi connectivity index (χ3n) is 3.87. The standard InChI is InChI=1S/C18H15N3O2/c1-2-10-20-16-9-8-14(21(22)23)11-15(16)18(17(20)12-19)13-6-4-3-5-7-13/h3-9,11H,2,10H2,1H3. The molecular weight excluding hydrogens is 290 g/mol. The number of nitrogens with zero attached hydrogens (tertiary/aromatic N) is 3. The quantitative estimate of drug-likeness (QED) is 0.526. The van der Waals surface area contributed by atoms with Gasteiger partial charge in [0.2, 0.25) is 0 Å². The highest BCUT2D eigenvalue weighted by Gasteiger charge is 2.20. The van der Waals surface area contributed by atoms with Crippen molar-refractivity contribution in [1.29, 1.82) is 5.26 Å². The Balaban J connectivity index is 2.41. The maximum absolute atomic E-state index is 11.1. The maximum atomic E-state index is 11.1. The van der Waals surface area contributed by atoms with Crippen molar-refractivity contribution in [3.63, 3.8) is 0 Å². The van der Waals surface area contributed by atoms with Crippen molar-refractivity contribution in [3.05, 3.63) is 64.3 Å². The van der Waals surface area contributed by atoms with Crippen LogP contribution in [0.25, 0.3) is 22.0 Å². The lowest BCUT2D eigenvalue weighted by Gasteiger charge is -2.04. The van der Waals surface area contributed by atoms with E-state index in [1.807, 2.05) is 41.8 Å². The van der Waals surface area contributed by atoms with E-state index in [0.717, 1.165) is 28.5 Å². The highest BCUT2D eigenvalue weighted by atomic mass is 16.6. The lowest BCUT2D eigenvalue weighted by molar-refractivity contribution is -0.384. The smallest absolute Gasteiger partial charge is 0.270 e. The van der Waals surface area contributed by atoms with E-state index < -0.39 is 4.92 Å². The van der Waals surface area contributed by atoms with E-state index in [9.17, 15) is 15.4 Å². The van der Waals surface area contributed by atoms with Crippen LogP contribution in [0.5, 0.6) is 0 Å². The Hall–Kier alpha value is -3.13. The second kappa shape index (κ2) is 5.93. The topological polar surface area (TPSA) is 71.9 Å². The molecule has 0 saturated heterocycles. The molecule has 0 atom stereocenters. The van der Waals surface area contributed by atoms with Crippen LogP contribution in [0, 0.1) is 21.4 Å². The van der Waals surface area contributed by atoms with Gasteiger partial charge >= 0.3 is 0 Å². The average Bonchev–Trinajstić information content (AvgIpc) is 2.89. The molecule has 3 aromatic rings. The van der Waals surface area contributed by atoms with Crippen molar-refractivity contribution >= 4 is 16.6 Å². The van der Waals surface area contributed by atoms with Crippen LogP contribution in [0.15, 0.2) is 48.5 Å². The Morgan fingerprint density at radius 2 is 1.96 bits per heavy atom. The van der Waals surface area contributed by atoms with Crippen molar-refractivity contribution in [2.75, 3.05) is 0 Å². The fourth-order valence-corrected chi connectivity index (χ4v) is 2.93. The van der Waals surface area contributed by atoms with Crippen LogP contribution in [0.1, 0.15) is 19.0 Å². The van der Waals surface area contributed by atoms with Crippen molar-refractivity contribution < 1.29 is 4.92 Å². The van der Waals surface area contributed by atoms with Gasteiger partial charge in [0.1, 0.15) is 11.8 Å². The molecule has 2 aromatic carbocycles. The molecule has 0 fully saturated rings. The van der Waals surface area contributed by atoms with E-state index >= 15 is 0 Å². The van der Waals surface area contributed by atoms with E-state index in [0.29, 0.717) is 12.2 Å². The number of fused-ring (bicyclic) bond motifs is 1. The molecule has 1 aromatic heterocycles.